The monoisotopic (exact) mass is 816 g/mol. The summed E-state index contributed by atoms with van der Waals surface area (Å²) in [6.07, 6.45) is 0. The standard InChI is InChI=1S/C62H44N2/c1-4-19-45(20-5-1)50-27-14-30-53(43-50)63(54-31-18-32-55(44-54)64(51-28-8-3-9-29-51)61-38-13-12-34-57(61)47-21-6-2-7-22-47)52-41-39-48(40-42-52)58-35-16-25-49-26-17-37-60(62(49)58)59-36-15-24-46-23-10-11-33-56(46)59/h1-44H. The van der Waals surface area contributed by atoms with E-state index in [4.69, 9.17) is 0 Å². The van der Waals surface area contributed by atoms with E-state index in [1.54, 1.807) is 0 Å². The van der Waals surface area contributed by atoms with Gasteiger partial charge in [-0.2, -0.15) is 0 Å². The predicted octanol–water partition coefficient (Wildman–Crippen LogP) is 17.6. The quantitative estimate of drug-likeness (QED) is 0.136. The molecule has 0 heterocycles. The molecule has 302 valence electrons. The second kappa shape index (κ2) is 17.1. The summed E-state index contributed by atoms with van der Waals surface area (Å²) in [5.74, 6) is 0. The number of anilines is 6. The number of benzene rings is 11. The zero-order chi connectivity index (χ0) is 42.7. The molecule has 2 nitrogen and oxygen atoms in total. The third kappa shape index (κ3) is 7.38. The lowest BCUT2D eigenvalue weighted by Crippen LogP contribution is -2.14. The van der Waals surface area contributed by atoms with Crippen LogP contribution in [0.25, 0.3) is 66.1 Å². The Morgan fingerprint density at radius 3 is 1.42 bits per heavy atom. The SMILES string of the molecule is c1ccc(-c2cccc(N(c3ccc(-c4cccc5cccc(-c6cccc7ccccc67)c45)cc3)c3cccc(N(c4ccccc4)c4ccccc4-c4ccccc4)c3)c2)cc1. The maximum atomic E-state index is 2.39. The van der Waals surface area contributed by atoms with Crippen LogP contribution in [0.15, 0.2) is 267 Å². The Kier molecular flexibility index (Phi) is 10.3. The smallest absolute Gasteiger partial charge is 0.0540 e. The average molecular weight is 817 g/mol. The van der Waals surface area contributed by atoms with Crippen LogP contribution in [0.4, 0.5) is 34.1 Å². The largest absolute Gasteiger partial charge is 0.310 e. The molecular formula is C62H44N2. The number of para-hydroxylation sites is 2. The Bertz CT molecular complexity index is 3370. The van der Waals surface area contributed by atoms with Gasteiger partial charge >= 0.3 is 0 Å². The van der Waals surface area contributed by atoms with Crippen LogP contribution in [0.1, 0.15) is 0 Å². The molecule has 0 bridgehead atoms. The van der Waals surface area contributed by atoms with E-state index in [1.807, 2.05) is 0 Å². The number of fused-ring (bicyclic) bond motifs is 2. The van der Waals surface area contributed by atoms with Crippen LogP contribution in [-0.2, 0) is 0 Å². The highest BCUT2D eigenvalue weighted by Gasteiger charge is 2.21. The van der Waals surface area contributed by atoms with Crippen LogP contribution >= 0.6 is 0 Å². The van der Waals surface area contributed by atoms with Crippen molar-refractivity contribution in [3.63, 3.8) is 0 Å². The second-order valence-corrected chi connectivity index (χ2v) is 16.1. The Morgan fingerprint density at radius 2 is 0.672 bits per heavy atom. The molecule has 11 aromatic rings. The molecule has 0 saturated carbocycles. The molecule has 64 heavy (non-hydrogen) atoms. The summed E-state index contributed by atoms with van der Waals surface area (Å²) < 4.78 is 0. The van der Waals surface area contributed by atoms with Crippen molar-refractivity contribution in [2.45, 2.75) is 0 Å². The average Bonchev–Trinajstić information content (AvgIpc) is 3.37. The van der Waals surface area contributed by atoms with Gasteiger partial charge < -0.3 is 9.80 Å². The van der Waals surface area contributed by atoms with Gasteiger partial charge in [-0.05, 0) is 121 Å². The molecule has 0 saturated heterocycles. The van der Waals surface area contributed by atoms with E-state index in [-0.39, 0.29) is 0 Å². The fraction of sp³-hybridized carbons (Fsp3) is 0. The molecule has 0 aliphatic heterocycles. The van der Waals surface area contributed by atoms with Crippen LogP contribution in [0.5, 0.6) is 0 Å². The Hall–Kier alpha value is -8.46. The van der Waals surface area contributed by atoms with Crippen LogP contribution in [0.2, 0.25) is 0 Å². The maximum Gasteiger partial charge on any atom is 0.0540 e. The van der Waals surface area contributed by atoms with E-state index >= 15 is 0 Å². The van der Waals surface area contributed by atoms with Crippen molar-refractivity contribution in [2.24, 2.45) is 0 Å². The molecule has 0 radical (unpaired) electrons. The summed E-state index contributed by atoms with van der Waals surface area (Å²) in [6, 6.07) is 96.3. The van der Waals surface area contributed by atoms with Crippen molar-refractivity contribution in [1.82, 2.24) is 0 Å². The normalized spacial score (nSPS) is 11.1. The summed E-state index contributed by atoms with van der Waals surface area (Å²) in [6.45, 7) is 0. The van der Waals surface area contributed by atoms with Crippen LogP contribution in [0, 0.1) is 0 Å². The van der Waals surface area contributed by atoms with Crippen molar-refractivity contribution in [3.05, 3.63) is 267 Å². The summed E-state index contributed by atoms with van der Waals surface area (Å²) >= 11 is 0. The molecule has 0 unspecified atom stereocenters. The van der Waals surface area contributed by atoms with Crippen molar-refractivity contribution >= 4 is 55.7 Å². The molecule has 11 aromatic carbocycles. The summed E-state index contributed by atoms with van der Waals surface area (Å²) in [5.41, 5.74) is 16.0. The van der Waals surface area contributed by atoms with Gasteiger partial charge in [0.15, 0.2) is 0 Å². The molecule has 2 heteroatoms. The fourth-order valence-electron chi connectivity index (χ4n) is 9.26. The van der Waals surface area contributed by atoms with Crippen LogP contribution in [0.3, 0.4) is 0 Å². The highest BCUT2D eigenvalue weighted by atomic mass is 15.2. The molecule has 0 N–H and O–H groups in total. The molecular weight excluding hydrogens is 773 g/mol. The number of hydrogen-bond donors (Lipinski definition) is 0. The van der Waals surface area contributed by atoms with Gasteiger partial charge in [-0.3, -0.25) is 0 Å². The first-order chi connectivity index (χ1) is 31.8. The van der Waals surface area contributed by atoms with Crippen LogP contribution in [-0.4, -0.2) is 0 Å². The molecule has 0 spiro atoms. The lowest BCUT2D eigenvalue weighted by Gasteiger charge is -2.30. The zero-order valence-electron chi connectivity index (χ0n) is 35.3. The van der Waals surface area contributed by atoms with E-state index in [0.717, 1.165) is 45.3 Å². The van der Waals surface area contributed by atoms with E-state index in [1.165, 1.54) is 54.9 Å². The van der Waals surface area contributed by atoms with Gasteiger partial charge in [0.2, 0.25) is 0 Å². The topological polar surface area (TPSA) is 6.48 Å². The third-order valence-corrected chi connectivity index (χ3v) is 12.2. The van der Waals surface area contributed by atoms with Gasteiger partial charge in [-0.25, -0.2) is 0 Å². The van der Waals surface area contributed by atoms with Gasteiger partial charge in [0.1, 0.15) is 0 Å². The minimum Gasteiger partial charge on any atom is -0.310 e. The summed E-state index contributed by atoms with van der Waals surface area (Å²) in [4.78, 5) is 4.76. The number of nitrogens with zero attached hydrogens (tertiary/aromatic N) is 2. The van der Waals surface area contributed by atoms with Gasteiger partial charge in [0.05, 0.1) is 5.69 Å². The first-order valence-electron chi connectivity index (χ1n) is 21.9. The van der Waals surface area contributed by atoms with E-state index in [9.17, 15) is 0 Å². The predicted molar refractivity (Wildman–Crippen MR) is 273 cm³/mol. The Labute approximate surface area is 375 Å². The molecule has 0 amide bonds. The fourth-order valence-corrected chi connectivity index (χ4v) is 9.26. The minimum atomic E-state index is 1.05. The van der Waals surface area contributed by atoms with Crippen molar-refractivity contribution in [1.29, 1.82) is 0 Å². The van der Waals surface area contributed by atoms with E-state index in [2.05, 4.69) is 277 Å². The highest BCUT2D eigenvalue weighted by Crippen LogP contribution is 2.45. The molecule has 0 aromatic heterocycles. The first kappa shape index (κ1) is 38.5. The van der Waals surface area contributed by atoms with Crippen molar-refractivity contribution in [3.8, 4) is 44.5 Å². The molecule has 0 aliphatic carbocycles. The second-order valence-electron chi connectivity index (χ2n) is 16.1. The molecule has 0 aliphatic rings. The summed E-state index contributed by atoms with van der Waals surface area (Å²) in [7, 11) is 0. The van der Waals surface area contributed by atoms with Crippen LogP contribution < -0.4 is 9.80 Å². The van der Waals surface area contributed by atoms with Crippen molar-refractivity contribution < 1.29 is 0 Å². The van der Waals surface area contributed by atoms with E-state index < -0.39 is 0 Å². The Balaban J connectivity index is 1.06. The lowest BCUT2D eigenvalue weighted by atomic mass is 9.89. The third-order valence-electron chi connectivity index (χ3n) is 12.2. The van der Waals surface area contributed by atoms with Gasteiger partial charge in [-0.1, -0.05) is 206 Å². The van der Waals surface area contributed by atoms with Gasteiger partial charge in [0, 0.05) is 34.0 Å². The van der Waals surface area contributed by atoms with E-state index in [0.29, 0.717) is 0 Å². The lowest BCUT2D eigenvalue weighted by molar-refractivity contribution is 1.25. The number of hydrogen-bond acceptors (Lipinski definition) is 2. The van der Waals surface area contributed by atoms with Gasteiger partial charge in [0.25, 0.3) is 0 Å². The zero-order valence-corrected chi connectivity index (χ0v) is 35.3. The highest BCUT2D eigenvalue weighted by molar-refractivity contribution is 6.11. The molecule has 11 rings (SSSR count). The van der Waals surface area contributed by atoms with Gasteiger partial charge in [-0.15, -0.1) is 0 Å². The number of rotatable bonds is 10. The molecule has 0 atom stereocenters. The first-order valence-corrected chi connectivity index (χ1v) is 21.9. The Morgan fingerprint density at radius 1 is 0.219 bits per heavy atom. The maximum absolute atomic E-state index is 2.39. The van der Waals surface area contributed by atoms with Crippen molar-refractivity contribution in [2.75, 3.05) is 9.80 Å². The minimum absolute atomic E-state index is 1.05. The molecule has 0 fully saturated rings. The summed E-state index contributed by atoms with van der Waals surface area (Å²) in [5, 5.41) is 4.98.